The van der Waals surface area contributed by atoms with Crippen LogP contribution in [0.5, 0.6) is 0 Å². The molecule has 0 aromatic heterocycles. The van der Waals surface area contributed by atoms with Gasteiger partial charge in [0.15, 0.2) is 0 Å². The van der Waals surface area contributed by atoms with Gasteiger partial charge in [0.05, 0.1) is 28.2 Å². The summed E-state index contributed by atoms with van der Waals surface area (Å²) in [6, 6.07) is 19.2. The number of halogens is 2. The van der Waals surface area contributed by atoms with Gasteiger partial charge in [-0.25, -0.2) is 4.99 Å². The molecule has 0 bridgehead atoms. The average Bonchev–Trinajstić information content (AvgIpc) is 2.99. The smallest absolute Gasteiger partial charge is 0.277 e. The zero-order chi connectivity index (χ0) is 25.3. The molecule has 0 radical (unpaired) electrons. The highest BCUT2D eigenvalue weighted by atomic mass is 35.5. The lowest BCUT2D eigenvalue weighted by atomic mass is 10.00. The molecule has 1 aliphatic rings. The predicted octanol–water partition coefficient (Wildman–Crippen LogP) is 4.86. The first-order valence-corrected chi connectivity index (χ1v) is 12.3. The van der Waals surface area contributed by atoms with Gasteiger partial charge < -0.3 is 10.6 Å². The number of anilines is 2. The zero-order valence-corrected chi connectivity index (χ0v) is 21.6. The van der Waals surface area contributed by atoms with Crippen molar-refractivity contribution in [3.05, 3.63) is 93.5 Å². The van der Waals surface area contributed by atoms with Gasteiger partial charge in [-0.1, -0.05) is 65.7 Å². The molecular formula is C26H24Cl2N4O2S. The van der Waals surface area contributed by atoms with E-state index in [-0.39, 0.29) is 5.75 Å². The second-order valence-electron chi connectivity index (χ2n) is 8.20. The highest BCUT2D eigenvalue weighted by Crippen LogP contribution is 2.40. The number of aliphatic imine (C=N–C) groups is 1. The van der Waals surface area contributed by atoms with E-state index in [9.17, 15) is 9.59 Å². The van der Waals surface area contributed by atoms with Crippen molar-refractivity contribution in [3.63, 3.8) is 0 Å². The Hall–Kier alpha value is -2.84. The summed E-state index contributed by atoms with van der Waals surface area (Å²) in [5, 5.41) is 0.903. The normalized spacial score (nSPS) is 16.3. The molecule has 0 spiro atoms. The number of aryl methyl sites for hydroxylation is 1. The van der Waals surface area contributed by atoms with Crippen LogP contribution in [0.2, 0.25) is 10.0 Å². The summed E-state index contributed by atoms with van der Waals surface area (Å²) in [4.78, 5) is 34.8. The largest absolute Gasteiger partial charge is 0.319 e. The number of benzene rings is 3. The Balaban J connectivity index is 2.02. The summed E-state index contributed by atoms with van der Waals surface area (Å²) >= 11 is 17.2. The summed E-state index contributed by atoms with van der Waals surface area (Å²) in [6.45, 7) is 1.86. The molecule has 0 saturated carbocycles. The lowest BCUT2D eigenvalue weighted by Gasteiger charge is -2.31. The van der Waals surface area contributed by atoms with Crippen molar-refractivity contribution < 1.29 is 9.59 Å². The Labute approximate surface area is 219 Å². The third-order valence-electron chi connectivity index (χ3n) is 5.84. The third kappa shape index (κ3) is 4.82. The minimum Gasteiger partial charge on any atom is -0.319 e. The minimum atomic E-state index is -1.20. The lowest BCUT2D eigenvalue weighted by Crippen LogP contribution is -2.52. The van der Waals surface area contributed by atoms with Crippen LogP contribution in [0.1, 0.15) is 16.7 Å². The molecule has 180 valence electrons. The molecule has 2 amide bonds. The summed E-state index contributed by atoms with van der Waals surface area (Å²) in [6.07, 6.45) is -1.20. The monoisotopic (exact) mass is 526 g/mol. The van der Waals surface area contributed by atoms with Gasteiger partial charge in [0.2, 0.25) is 12.1 Å². The van der Waals surface area contributed by atoms with Crippen LogP contribution in [0.15, 0.2) is 71.7 Å². The van der Waals surface area contributed by atoms with Crippen molar-refractivity contribution in [3.8, 4) is 0 Å². The van der Waals surface area contributed by atoms with Gasteiger partial charge in [-0.3, -0.25) is 14.5 Å². The Morgan fingerprint density at radius 2 is 1.83 bits per heavy atom. The molecule has 3 aromatic rings. The number of hydrogen-bond donors (Lipinski definition) is 2. The maximum absolute atomic E-state index is 14.2. The quantitative estimate of drug-likeness (QED) is 0.466. The number of fused-ring (bicyclic) bond motifs is 1. The molecule has 1 heterocycles. The van der Waals surface area contributed by atoms with Crippen LogP contribution < -0.4 is 10.6 Å². The molecule has 4 rings (SSSR count). The number of nitrogens with two attached hydrogens (primary N) is 1. The number of nitrogens with zero attached hydrogens (tertiary/aromatic N) is 3. The topological polar surface area (TPSA) is 79.0 Å². The molecule has 9 heteroatoms. The zero-order valence-electron chi connectivity index (χ0n) is 19.2. The second kappa shape index (κ2) is 10.4. The SMILES string of the molecule is Cc1cccc(N2C(=O)C(N(C)C(=O)C(N)CS)N=C(c3ccccc3)c3cc(Cl)ccc32)c1Cl. The van der Waals surface area contributed by atoms with E-state index in [4.69, 9.17) is 33.9 Å². The molecule has 0 fully saturated rings. The molecule has 6 nitrogen and oxygen atoms in total. The van der Waals surface area contributed by atoms with Gasteiger partial charge >= 0.3 is 0 Å². The second-order valence-corrected chi connectivity index (χ2v) is 9.38. The predicted molar refractivity (Wildman–Crippen MR) is 145 cm³/mol. The summed E-state index contributed by atoms with van der Waals surface area (Å²) in [7, 11) is 1.51. The lowest BCUT2D eigenvalue weighted by molar-refractivity contribution is -0.137. The molecule has 2 unspecified atom stereocenters. The first-order chi connectivity index (χ1) is 16.7. The van der Waals surface area contributed by atoms with Crippen LogP contribution in [-0.4, -0.2) is 47.4 Å². The Bertz CT molecular complexity index is 1320. The van der Waals surface area contributed by atoms with Crippen molar-refractivity contribution in [2.24, 2.45) is 10.7 Å². The highest BCUT2D eigenvalue weighted by molar-refractivity contribution is 7.80. The van der Waals surface area contributed by atoms with Crippen molar-refractivity contribution >= 4 is 64.7 Å². The summed E-state index contributed by atoms with van der Waals surface area (Å²) in [5.74, 6) is -0.772. The maximum Gasteiger partial charge on any atom is 0.277 e. The highest BCUT2D eigenvalue weighted by Gasteiger charge is 2.38. The average molecular weight is 527 g/mol. The number of carbonyl (C=O) groups is 2. The number of benzodiazepines with no additional fused rings is 1. The summed E-state index contributed by atoms with van der Waals surface area (Å²) < 4.78 is 0. The summed E-state index contributed by atoms with van der Waals surface area (Å²) in [5.41, 5.74) is 9.73. The van der Waals surface area contributed by atoms with E-state index in [0.29, 0.717) is 32.7 Å². The maximum atomic E-state index is 14.2. The molecule has 2 N–H and O–H groups in total. The molecule has 0 aliphatic carbocycles. The van der Waals surface area contributed by atoms with Crippen LogP contribution in [0.25, 0.3) is 0 Å². The van der Waals surface area contributed by atoms with Crippen molar-refractivity contribution in [1.29, 1.82) is 0 Å². The Kier molecular flexibility index (Phi) is 7.52. The van der Waals surface area contributed by atoms with E-state index >= 15 is 0 Å². The van der Waals surface area contributed by atoms with E-state index < -0.39 is 24.0 Å². The van der Waals surface area contributed by atoms with E-state index in [2.05, 4.69) is 12.6 Å². The molecule has 3 aromatic carbocycles. The number of rotatable bonds is 5. The van der Waals surface area contributed by atoms with Crippen LogP contribution >= 0.6 is 35.8 Å². The standard InChI is InChI=1S/C26H24Cl2N4O2S/c1-15-7-6-10-21(22(15)28)32-20-12-11-17(27)13-18(20)23(16-8-4-3-5-9-16)30-24(26(32)34)31(2)25(33)19(29)14-35/h3-13,19,24,35H,14,29H2,1-2H3. The van der Waals surface area contributed by atoms with Gasteiger partial charge in [-0.05, 0) is 36.8 Å². The number of amides is 2. The number of hydrogen-bond acceptors (Lipinski definition) is 5. The Morgan fingerprint density at radius 1 is 1.11 bits per heavy atom. The van der Waals surface area contributed by atoms with Crippen LogP contribution in [0.3, 0.4) is 0 Å². The molecule has 0 saturated heterocycles. The minimum absolute atomic E-state index is 0.128. The first kappa shape index (κ1) is 25.3. The van der Waals surface area contributed by atoms with Gasteiger partial charge in [0.25, 0.3) is 5.91 Å². The van der Waals surface area contributed by atoms with Gasteiger partial charge in [0.1, 0.15) is 0 Å². The number of thiol groups is 1. The number of likely N-dealkylation sites (N-methyl/N-ethyl adjacent to an activating group) is 1. The molecule has 1 aliphatic heterocycles. The fourth-order valence-electron chi connectivity index (χ4n) is 3.97. The molecule has 2 atom stereocenters. The van der Waals surface area contributed by atoms with Gasteiger partial charge in [-0.15, -0.1) is 0 Å². The van der Waals surface area contributed by atoms with E-state index in [1.807, 2.05) is 49.4 Å². The van der Waals surface area contributed by atoms with Crippen molar-refractivity contribution in [1.82, 2.24) is 4.90 Å². The van der Waals surface area contributed by atoms with E-state index in [1.54, 1.807) is 24.3 Å². The van der Waals surface area contributed by atoms with Crippen LogP contribution in [0, 0.1) is 6.92 Å². The fourth-order valence-corrected chi connectivity index (χ4v) is 4.50. The van der Waals surface area contributed by atoms with Crippen LogP contribution in [-0.2, 0) is 9.59 Å². The van der Waals surface area contributed by atoms with Crippen molar-refractivity contribution in [2.75, 3.05) is 17.7 Å². The first-order valence-electron chi connectivity index (χ1n) is 10.9. The molecule has 35 heavy (non-hydrogen) atoms. The van der Waals surface area contributed by atoms with Gasteiger partial charge in [0, 0.05) is 29.0 Å². The van der Waals surface area contributed by atoms with E-state index in [0.717, 1.165) is 11.1 Å². The van der Waals surface area contributed by atoms with Crippen molar-refractivity contribution in [2.45, 2.75) is 19.1 Å². The number of carbonyl (C=O) groups excluding carboxylic acids is 2. The fraction of sp³-hybridized carbons (Fsp3) is 0.192. The van der Waals surface area contributed by atoms with Crippen LogP contribution in [0.4, 0.5) is 11.4 Å². The van der Waals surface area contributed by atoms with Gasteiger partial charge in [-0.2, -0.15) is 12.6 Å². The Morgan fingerprint density at radius 3 is 2.51 bits per heavy atom. The van der Waals surface area contributed by atoms with E-state index in [1.165, 1.54) is 16.8 Å². The molecular weight excluding hydrogens is 503 g/mol. The third-order valence-corrected chi connectivity index (χ3v) is 6.96.